The van der Waals surface area contributed by atoms with Gasteiger partial charge in [-0.25, -0.2) is 0 Å². The fourth-order valence-corrected chi connectivity index (χ4v) is 2.06. The number of carbonyl (C=O) groups is 1. The molecule has 0 aliphatic heterocycles. The largest absolute Gasteiger partial charge is 0.321 e. The van der Waals surface area contributed by atoms with Crippen LogP contribution in [0, 0.1) is 5.92 Å². The van der Waals surface area contributed by atoms with Crippen molar-refractivity contribution in [3.8, 4) is 0 Å². The summed E-state index contributed by atoms with van der Waals surface area (Å²) in [4.78, 5) is 16.4. The number of fused-ring (bicyclic) bond motifs is 1. The van der Waals surface area contributed by atoms with E-state index >= 15 is 0 Å². The van der Waals surface area contributed by atoms with Gasteiger partial charge < -0.3 is 5.73 Å². The lowest BCUT2D eigenvalue weighted by atomic mass is 9.96. The van der Waals surface area contributed by atoms with Crippen LogP contribution in [0.3, 0.4) is 0 Å². The first-order chi connectivity index (χ1) is 8.58. The normalized spacial score (nSPS) is 12.9. The van der Waals surface area contributed by atoms with E-state index in [2.05, 4.69) is 18.8 Å². The van der Waals surface area contributed by atoms with Crippen molar-refractivity contribution >= 4 is 16.7 Å². The van der Waals surface area contributed by atoms with Gasteiger partial charge in [0, 0.05) is 17.1 Å². The van der Waals surface area contributed by atoms with Crippen LogP contribution in [-0.2, 0) is 0 Å². The standard InChI is InChI=1S/C15H18N2O/c1-10(2)8-13(16)15(18)12-5-6-14-11(9-12)4-3-7-17-14/h3-7,9-10,13H,8,16H2,1-2H3. The third kappa shape index (κ3) is 2.74. The summed E-state index contributed by atoms with van der Waals surface area (Å²) in [6.45, 7) is 4.13. The lowest BCUT2D eigenvalue weighted by Crippen LogP contribution is -2.31. The summed E-state index contributed by atoms with van der Waals surface area (Å²) in [6, 6.07) is 8.93. The SMILES string of the molecule is CC(C)CC(N)C(=O)c1ccc2ncccc2c1. The Morgan fingerprint density at radius 2 is 2.11 bits per heavy atom. The summed E-state index contributed by atoms with van der Waals surface area (Å²) in [5, 5.41) is 0.972. The van der Waals surface area contributed by atoms with Gasteiger partial charge in [-0.05, 0) is 36.6 Å². The van der Waals surface area contributed by atoms with Crippen molar-refractivity contribution in [3.63, 3.8) is 0 Å². The van der Waals surface area contributed by atoms with E-state index < -0.39 is 6.04 Å². The lowest BCUT2D eigenvalue weighted by molar-refractivity contribution is 0.0951. The van der Waals surface area contributed by atoms with Crippen LogP contribution in [-0.4, -0.2) is 16.8 Å². The van der Waals surface area contributed by atoms with Crippen molar-refractivity contribution < 1.29 is 4.79 Å². The minimum absolute atomic E-state index is 0.00875. The van der Waals surface area contributed by atoms with Gasteiger partial charge in [-0.1, -0.05) is 19.9 Å². The fourth-order valence-electron chi connectivity index (χ4n) is 2.06. The Labute approximate surface area is 107 Å². The van der Waals surface area contributed by atoms with Gasteiger partial charge in [0.1, 0.15) is 0 Å². The molecule has 1 atom stereocenters. The molecule has 2 aromatic rings. The fraction of sp³-hybridized carbons (Fsp3) is 0.333. The predicted octanol–water partition coefficient (Wildman–Crippen LogP) is 2.79. The maximum Gasteiger partial charge on any atom is 0.179 e. The van der Waals surface area contributed by atoms with Crippen molar-refractivity contribution in [2.24, 2.45) is 11.7 Å². The molecular weight excluding hydrogens is 224 g/mol. The molecule has 94 valence electrons. The molecule has 18 heavy (non-hydrogen) atoms. The quantitative estimate of drug-likeness (QED) is 0.839. The van der Waals surface area contributed by atoms with Gasteiger partial charge in [-0.15, -0.1) is 0 Å². The highest BCUT2D eigenvalue weighted by molar-refractivity contribution is 6.02. The Bertz CT molecular complexity index is 563. The summed E-state index contributed by atoms with van der Waals surface area (Å²) in [5.41, 5.74) is 7.49. The summed E-state index contributed by atoms with van der Waals surface area (Å²) >= 11 is 0. The first-order valence-corrected chi connectivity index (χ1v) is 6.22. The van der Waals surface area contributed by atoms with Crippen LogP contribution in [0.15, 0.2) is 36.5 Å². The minimum Gasteiger partial charge on any atom is -0.321 e. The number of hydrogen-bond acceptors (Lipinski definition) is 3. The molecule has 1 heterocycles. The van der Waals surface area contributed by atoms with Crippen molar-refractivity contribution in [1.82, 2.24) is 4.98 Å². The van der Waals surface area contributed by atoms with Crippen molar-refractivity contribution in [2.75, 3.05) is 0 Å². The van der Waals surface area contributed by atoms with E-state index in [0.29, 0.717) is 17.9 Å². The summed E-state index contributed by atoms with van der Waals surface area (Å²) in [7, 11) is 0. The number of aromatic nitrogens is 1. The molecule has 0 amide bonds. The van der Waals surface area contributed by atoms with Gasteiger partial charge in [0.15, 0.2) is 5.78 Å². The summed E-state index contributed by atoms with van der Waals surface area (Å²) < 4.78 is 0. The van der Waals surface area contributed by atoms with E-state index in [4.69, 9.17) is 5.73 Å². The molecule has 0 radical (unpaired) electrons. The van der Waals surface area contributed by atoms with Gasteiger partial charge in [-0.2, -0.15) is 0 Å². The van der Waals surface area contributed by atoms with E-state index in [1.165, 1.54) is 0 Å². The summed E-state index contributed by atoms with van der Waals surface area (Å²) in [5.74, 6) is 0.431. The minimum atomic E-state index is -0.417. The molecule has 1 aromatic heterocycles. The van der Waals surface area contributed by atoms with Gasteiger partial charge in [0.05, 0.1) is 11.6 Å². The molecule has 3 heteroatoms. The first-order valence-electron chi connectivity index (χ1n) is 6.22. The van der Waals surface area contributed by atoms with E-state index in [9.17, 15) is 4.79 Å². The van der Waals surface area contributed by atoms with E-state index in [0.717, 1.165) is 10.9 Å². The summed E-state index contributed by atoms with van der Waals surface area (Å²) in [6.07, 6.45) is 2.46. The Kier molecular flexibility index (Phi) is 3.72. The van der Waals surface area contributed by atoms with Gasteiger partial charge in [0.25, 0.3) is 0 Å². The van der Waals surface area contributed by atoms with Gasteiger partial charge >= 0.3 is 0 Å². The molecule has 0 bridgehead atoms. The average molecular weight is 242 g/mol. The zero-order valence-electron chi connectivity index (χ0n) is 10.8. The van der Waals surface area contributed by atoms with Crippen LogP contribution in [0.4, 0.5) is 0 Å². The highest BCUT2D eigenvalue weighted by Gasteiger charge is 2.17. The first kappa shape index (κ1) is 12.7. The highest BCUT2D eigenvalue weighted by atomic mass is 16.1. The topological polar surface area (TPSA) is 56.0 Å². The number of benzene rings is 1. The third-order valence-electron chi connectivity index (χ3n) is 2.95. The molecule has 0 spiro atoms. The van der Waals surface area contributed by atoms with Gasteiger partial charge in [-0.3, -0.25) is 9.78 Å². The maximum atomic E-state index is 12.2. The number of carbonyl (C=O) groups excluding carboxylic acids is 1. The molecule has 0 saturated heterocycles. The van der Waals surface area contributed by atoms with Crippen molar-refractivity contribution in [3.05, 3.63) is 42.1 Å². The Morgan fingerprint density at radius 1 is 1.33 bits per heavy atom. The van der Waals surface area contributed by atoms with Crippen molar-refractivity contribution in [2.45, 2.75) is 26.3 Å². The number of hydrogen-bond donors (Lipinski definition) is 1. The zero-order valence-corrected chi connectivity index (χ0v) is 10.8. The monoisotopic (exact) mass is 242 g/mol. The second-order valence-corrected chi connectivity index (χ2v) is 5.01. The number of pyridine rings is 1. The second-order valence-electron chi connectivity index (χ2n) is 5.01. The van der Waals surface area contributed by atoms with Gasteiger partial charge in [0.2, 0.25) is 0 Å². The molecular formula is C15H18N2O. The second kappa shape index (κ2) is 5.27. The average Bonchev–Trinajstić information content (AvgIpc) is 2.36. The predicted molar refractivity (Wildman–Crippen MR) is 73.5 cm³/mol. The Balaban J connectivity index is 2.28. The van der Waals surface area contributed by atoms with Crippen molar-refractivity contribution in [1.29, 1.82) is 0 Å². The maximum absolute atomic E-state index is 12.2. The number of Topliss-reactive ketones (excluding diaryl/α,β-unsaturated/α-hetero) is 1. The van der Waals surface area contributed by atoms with Crippen LogP contribution in [0.1, 0.15) is 30.6 Å². The number of ketones is 1. The zero-order chi connectivity index (χ0) is 13.1. The van der Waals surface area contributed by atoms with Crippen LogP contribution < -0.4 is 5.73 Å². The molecule has 1 aromatic carbocycles. The molecule has 1 unspecified atom stereocenters. The molecule has 0 aliphatic rings. The lowest BCUT2D eigenvalue weighted by Gasteiger charge is -2.13. The van der Waals surface area contributed by atoms with E-state index in [1.807, 2.05) is 24.3 Å². The molecule has 0 saturated carbocycles. The Morgan fingerprint density at radius 3 is 2.83 bits per heavy atom. The van der Waals surface area contributed by atoms with Crippen LogP contribution >= 0.6 is 0 Å². The Hall–Kier alpha value is -1.74. The van der Waals surface area contributed by atoms with Crippen LogP contribution in [0.25, 0.3) is 10.9 Å². The van der Waals surface area contributed by atoms with Crippen LogP contribution in [0.5, 0.6) is 0 Å². The molecule has 2 rings (SSSR count). The molecule has 0 fully saturated rings. The van der Waals surface area contributed by atoms with E-state index in [-0.39, 0.29) is 5.78 Å². The molecule has 0 aliphatic carbocycles. The smallest absolute Gasteiger partial charge is 0.179 e. The molecule has 2 N–H and O–H groups in total. The number of nitrogens with zero attached hydrogens (tertiary/aromatic N) is 1. The van der Waals surface area contributed by atoms with Crippen LogP contribution in [0.2, 0.25) is 0 Å². The highest BCUT2D eigenvalue weighted by Crippen LogP contribution is 2.16. The number of nitrogens with two attached hydrogens (primary N) is 1. The van der Waals surface area contributed by atoms with E-state index in [1.54, 1.807) is 12.3 Å². The number of rotatable bonds is 4. The molecule has 3 nitrogen and oxygen atoms in total. The third-order valence-corrected chi connectivity index (χ3v) is 2.95.